The number of benzene rings is 1. The zero-order valence-electron chi connectivity index (χ0n) is 5.67. The molecule has 0 aliphatic heterocycles. The molecule has 0 aliphatic rings. The molecule has 0 atom stereocenters. The Hall–Kier alpha value is -0.0400. The molecule has 1 radical (unpaired) electrons. The van der Waals surface area contributed by atoms with Crippen LogP contribution >= 0.6 is 0 Å². The molecule has 9 heavy (non-hydrogen) atoms. The van der Waals surface area contributed by atoms with Gasteiger partial charge in [0.05, 0.1) is 0 Å². The smallest absolute Gasteiger partial charge is 0 e. The summed E-state index contributed by atoms with van der Waals surface area (Å²) in [5.41, 5.74) is 1.17. The molecule has 0 fully saturated rings. The maximum absolute atomic E-state index is 3.63. The molecule has 1 rings (SSSR count). The van der Waals surface area contributed by atoms with E-state index in [2.05, 4.69) is 6.58 Å². The molecular formula is C8H8Na. The first-order valence-electron chi connectivity index (χ1n) is 2.61. The van der Waals surface area contributed by atoms with Crippen molar-refractivity contribution in [3.63, 3.8) is 0 Å². The Morgan fingerprint density at radius 1 is 1.11 bits per heavy atom. The second-order valence-electron chi connectivity index (χ2n) is 1.61. The van der Waals surface area contributed by atoms with Crippen LogP contribution in [0.5, 0.6) is 0 Å². The van der Waals surface area contributed by atoms with Crippen LogP contribution in [0.1, 0.15) is 5.56 Å². The third-order valence-electron chi connectivity index (χ3n) is 1.04. The first kappa shape index (κ1) is 8.96. The van der Waals surface area contributed by atoms with Crippen LogP contribution in [0.15, 0.2) is 36.9 Å². The van der Waals surface area contributed by atoms with Gasteiger partial charge in [0.25, 0.3) is 0 Å². The van der Waals surface area contributed by atoms with Crippen molar-refractivity contribution in [3.8, 4) is 0 Å². The van der Waals surface area contributed by atoms with Gasteiger partial charge in [0, 0.05) is 29.6 Å². The summed E-state index contributed by atoms with van der Waals surface area (Å²) in [6, 6.07) is 10.0. The van der Waals surface area contributed by atoms with Crippen LogP contribution in [0, 0.1) is 0 Å². The molecule has 0 amide bonds. The van der Waals surface area contributed by atoms with Gasteiger partial charge in [-0.25, -0.2) is 0 Å². The molecule has 0 aromatic heterocycles. The Morgan fingerprint density at radius 2 is 1.67 bits per heavy atom. The third kappa shape index (κ3) is 2.85. The summed E-state index contributed by atoms with van der Waals surface area (Å²) in [5.74, 6) is 0. The average Bonchev–Trinajstić information content (AvgIpc) is 1.90. The van der Waals surface area contributed by atoms with E-state index in [0.717, 1.165) is 0 Å². The van der Waals surface area contributed by atoms with E-state index in [1.54, 1.807) is 0 Å². The van der Waals surface area contributed by atoms with Crippen molar-refractivity contribution in [1.29, 1.82) is 0 Å². The van der Waals surface area contributed by atoms with Crippen molar-refractivity contribution in [3.05, 3.63) is 42.5 Å². The molecule has 1 aromatic carbocycles. The van der Waals surface area contributed by atoms with Crippen LogP contribution < -0.4 is 0 Å². The summed E-state index contributed by atoms with van der Waals surface area (Å²) in [6.45, 7) is 3.63. The fourth-order valence-corrected chi connectivity index (χ4v) is 0.589. The molecule has 0 aliphatic carbocycles. The van der Waals surface area contributed by atoms with E-state index in [-0.39, 0.29) is 29.6 Å². The van der Waals surface area contributed by atoms with Crippen molar-refractivity contribution >= 4 is 35.6 Å². The molecule has 41 valence electrons. The summed E-state index contributed by atoms with van der Waals surface area (Å²) in [5, 5.41) is 0. The van der Waals surface area contributed by atoms with Gasteiger partial charge in [0.15, 0.2) is 0 Å². The molecule has 0 spiro atoms. The molecule has 0 saturated carbocycles. The van der Waals surface area contributed by atoms with Crippen LogP contribution in [0.4, 0.5) is 0 Å². The van der Waals surface area contributed by atoms with E-state index in [9.17, 15) is 0 Å². The van der Waals surface area contributed by atoms with Gasteiger partial charge in [-0.2, -0.15) is 0 Å². The van der Waals surface area contributed by atoms with Crippen LogP contribution in [0.3, 0.4) is 0 Å². The van der Waals surface area contributed by atoms with Gasteiger partial charge >= 0.3 is 0 Å². The van der Waals surface area contributed by atoms with Crippen LogP contribution in [0.2, 0.25) is 0 Å². The molecule has 1 heteroatoms. The SMILES string of the molecule is C=Cc1ccccc1.[Na]. The topological polar surface area (TPSA) is 0 Å². The second kappa shape index (κ2) is 4.80. The van der Waals surface area contributed by atoms with Crippen molar-refractivity contribution < 1.29 is 0 Å². The first-order valence-corrected chi connectivity index (χ1v) is 2.61. The quantitative estimate of drug-likeness (QED) is 0.506. The predicted octanol–water partition coefficient (Wildman–Crippen LogP) is 1.95. The molecule has 0 saturated heterocycles. The summed E-state index contributed by atoms with van der Waals surface area (Å²) >= 11 is 0. The Morgan fingerprint density at radius 3 is 2.00 bits per heavy atom. The van der Waals surface area contributed by atoms with Crippen molar-refractivity contribution in [2.45, 2.75) is 0 Å². The minimum Gasteiger partial charge on any atom is -0.0985 e. The Balaban J connectivity index is 0.000000640. The Bertz CT molecular complexity index is 167. The maximum Gasteiger partial charge on any atom is 0 e. The molecule has 0 heterocycles. The second-order valence-corrected chi connectivity index (χ2v) is 1.61. The molecular weight excluding hydrogens is 119 g/mol. The largest absolute Gasteiger partial charge is 0.0985 e. The van der Waals surface area contributed by atoms with Gasteiger partial charge in [0.2, 0.25) is 0 Å². The minimum atomic E-state index is 0. The number of hydrogen-bond acceptors (Lipinski definition) is 0. The fourth-order valence-electron chi connectivity index (χ4n) is 0.589. The summed E-state index contributed by atoms with van der Waals surface area (Å²) in [7, 11) is 0. The van der Waals surface area contributed by atoms with Crippen molar-refractivity contribution in [2.75, 3.05) is 0 Å². The van der Waals surface area contributed by atoms with E-state index in [1.807, 2.05) is 36.4 Å². The third-order valence-corrected chi connectivity index (χ3v) is 1.04. The van der Waals surface area contributed by atoms with Gasteiger partial charge in [-0.15, -0.1) is 0 Å². The summed E-state index contributed by atoms with van der Waals surface area (Å²) in [6.07, 6.45) is 1.83. The average molecular weight is 127 g/mol. The van der Waals surface area contributed by atoms with Gasteiger partial charge < -0.3 is 0 Å². The van der Waals surface area contributed by atoms with E-state index in [1.165, 1.54) is 5.56 Å². The zero-order valence-corrected chi connectivity index (χ0v) is 7.67. The summed E-state index contributed by atoms with van der Waals surface area (Å²) < 4.78 is 0. The maximum atomic E-state index is 3.63. The van der Waals surface area contributed by atoms with Gasteiger partial charge in [-0.1, -0.05) is 43.0 Å². The molecule has 0 bridgehead atoms. The number of hydrogen-bond donors (Lipinski definition) is 0. The van der Waals surface area contributed by atoms with Crippen LogP contribution in [0.25, 0.3) is 6.08 Å². The molecule has 1 aromatic rings. The molecule has 0 nitrogen and oxygen atoms in total. The van der Waals surface area contributed by atoms with Gasteiger partial charge in [0.1, 0.15) is 0 Å². The van der Waals surface area contributed by atoms with Crippen LogP contribution in [-0.2, 0) is 0 Å². The molecule has 0 unspecified atom stereocenters. The van der Waals surface area contributed by atoms with E-state index in [4.69, 9.17) is 0 Å². The summed E-state index contributed by atoms with van der Waals surface area (Å²) in [4.78, 5) is 0. The van der Waals surface area contributed by atoms with Gasteiger partial charge in [-0.3, -0.25) is 0 Å². The standard InChI is InChI=1S/C8H8.Na/c1-2-8-6-4-3-5-7-8;/h2-7H,1H2;. The minimum absolute atomic E-state index is 0. The van der Waals surface area contributed by atoms with Gasteiger partial charge in [-0.05, 0) is 5.56 Å². The zero-order chi connectivity index (χ0) is 5.82. The van der Waals surface area contributed by atoms with E-state index >= 15 is 0 Å². The normalized spacial score (nSPS) is 7.56. The monoisotopic (exact) mass is 127 g/mol. The van der Waals surface area contributed by atoms with Crippen molar-refractivity contribution in [2.24, 2.45) is 0 Å². The van der Waals surface area contributed by atoms with Crippen molar-refractivity contribution in [1.82, 2.24) is 0 Å². The van der Waals surface area contributed by atoms with Crippen LogP contribution in [-0.4, -0.2) is 29.6 Å². The number of rotatable bonds is 1. The Kier molecular flexibility index (Phi) is 4.78. The predicted molar refractivity (Wildman–Crippen MR) is 42.3 cm³/mol. The fraction of sp³-hybridized carbons (Fsp3) is 0. The van der Waals surface area contributed by atoms with E-state index < -0.39 is 0 Å². The van der Waals surface area contributed by atoms with E-state index in [0.29, 0.717) is 0 Å². The molecule has 0 N–H and O–H groups in total. The Labute approximate surface area is 77.9 Å². The first-order chi connectivity index (χ1) is 3.93.